The lowest BCUT2D eigenvalue weighted by Gasteiger charge is -2.26. The maximum Gasteiger partial charge on any atom is 0.127 e. The van der Waals surface area contributed by atoms with Crippen LogP contribution in [0.1, 0.15) is 29.7 Å². The fourth-order valence-electron chi connectivity index (χ4n) is 3.53. The van der Waals surface area contributed by atoms with Gasteiger partial charge < -0.3 is 14.2 Å². The van der Waals surface area contributed by atoms with Crippen molar-refractivity contribution < 1.29 is 14.2 Å². The van der Waals surface area contributed by atoms with E-state index in [4.69, 9.17) is 14.2 Å². The monoisotopic (exact) mass is 359 g/mol. The van der Waals surface area contributed by atoms with E-state index in [0.717, 1.165) is 61.8 Å². The van der Waals surface area contributed by atoms with E-state index in [0.29, 0.717) is 6.10 Å². The maximum absolute atomic E-state index is 5.87. The number of rotatable bonds is 8. The van der Waals surface area contributed by atoms with Crippen molar-refractivity contribution >= 4 is 0 Å². The van der Waals surface area contributed by atoms with Gasteiger partial charge in [0.05, 0.1) is 26.0 Å². The summed E-state index contributed by atoms with van der Waals surface area (Å²) in [5, 5.41) is 4.48. The molecule has 6 nitrogen and oxygen atoms in total. The molecule has 0 spiro atoms. The first-order valence-corrected chi connectivity index (χ1v) is 9.13. The average Bonchev–Trinajstić information content (AvgIpc) is 3.24. The second-order valence-corrected chi connectivity index (χ2v) is 6.90. The third kappa shape index (κ3) is 4.56. The van der Waals surface area contributed by atoms with Crippen LogP contribution >= 0.6 is 0 Å². The molecule has 2 heterocycles. The summed E-state index contributed by atoms with van der Waals surface area (Å²) in [5.74, 6) is 1.66. The van der Waals surface area contributed by atoms with Gasteiger partial charge in [-0.3, -0.25) is 9.58 Å². The van der Waals surface area contributed by atoms with Crippen molar-refractivity contribution in [1.82, 2.24) is 14.7 Å². The Morgan fingerprint density at radius 3 is 2.65 bits per heavy atom. The van der Waals surface area contributed by atoms with E-state index in [2.05, 4.69) is 29.2 Å². The Morgan fingerprint density at radius 2 is 2.04 bits per heavy atom. The number of aromatic nitrogens is 2. The van der Waals surface area contributed by atoms with Crippen LogP contribution in [-0.2, 0) is 24.9 Å². The third-order valence-electron chi connectivity index (χ3n) is 4.88. The Balaban J connectivity index is 1.79. The van der Waals surface area contributed by atoms with Crippen molar-refractivity contribution in [3.63, 3.8) is 0 Å². The third-order valence-corrected chi connectivity index (χ3v) is 4.88. The van der Waals surface area contributed by atoms with Gasteiger partial charge in [0.25, 0.3) is 0 Å². The van der Waals surface area contributed by atoms with E-state index in [-0.39, 0.29) is 0 Å². The van der Waals surface area contributed by atoms with E-state index < -0.39 is 0 Å². The molecule has 1 aromatic heterocycles. The topological polar surface area (TPSA) is 48.8 Å². The molecular weight excluding hydrogens is 330 g/mol. The molecule has 6 heteroatoms. The summed E-state index contributed by atoms with van der Waals surface area (Å²) in [4.78, 5) is 2.42. The predicted molar refractivity (Wildman–Crippen MR) is 101 cm³/mol. The normalized spacial score (nSPS) is 17.0. The Bertz CT molecular complexity index is 723. The molecular formula is C20H29N3O3. The van der Waals surface area contributed by atoms with Crippen LogP contribution in [0.2, 0.25) is 0 Å². The molecule has 1 saturated heterocycles. The van der Waals surface area contributed by atoms with Gasteiger partial charge in [-0.15, -0.1) is 0 Å². The molecule has 0 saturated carbocycles. The Kier molecular flexibility index (Phi) is 6.16. The van der Waals surface area contributed by atoms with Crippen LogP contribution in [0.3, 0.4) is 0 Å². The highest BCUT2D eigenvalue weighted by Crippen LogP contribution is 2.27. The zero-order valence-electron chi connectivity index (χ0n) is 16.2. The number of aryl methyl sites for hydroxylation is 2. The van der Waals surface area contributed by atoms with Crippen LogP contribution in [0, 0.1) is 6.92 Å². The Hall–Kier alpha value is -2.05. The summed E-state index contributed by atoms with van der Waals surface area (Å²) >= 11 is 0. The van der Waals surface area contributed by atoms with E-state index in [1.807, 2.05) is 23.9 Å². The minimum atomic E-state index is 0.302. The Morgan fingerprint density at radius 1 is 1.23 bits per heavy atom. The molecule has 26 heavy (non-hydrogen) atoms. The van der Waals surface area contributed by atoms with Crippen molar-refractivity contribution in [2.45, 2.75) is 39.0 Å². The number of hydrogen-bond acceptors (Lipinski definition) is 5. The molecule has 1 atom stereocenters. The molecule has 1 unspecified atom stereocenters. The molecule has 0 amide bonds. The smallest absolute Gasteiger partial charge is 0.127 e. The average molecular weight is 359 g/mol. The Labute approximate surface area is 155 Å². The van der Waals surface area contributed by atoms with Gasteiger partial charge in [0.1, 0.15) is 11.5 Å². The highest BCUT2D eigenvalue weighted by atomic mass is 16.5. The first-order valence-electron chi connectivity index (χ1n) is 9.13. The molecule has 0 aliphatic carbocycles. The van der Waals surface area contributed by atoms with Crippen LogP contribution in [0.4, 0.5) is 0 Å². The summed E-state index contributed by atoms with van der Waals surface area (Å²) in [6.07, 6.45) is 4.68. The van der Waals surface area contributed by atoms with Gasteiger partial charge in [-0.05, 0) is 25.8 Å². The molecule has 0 bridgehead atoms. The lowest BCUT2D eigenvalue weighted by Crippen LogP contribution is -2.31. The number of hydrogen-bond donors (Lipinski definition) is 0. The molecule has 142 valence electrons. The summed E-state index contributed by atoms with van der Waals surface area (Å²) in [6, 6.07) is 6.00. The van der Waals surface area contributed by atoms with Crippen molar-refractivity contribution in [3.05, 3.63) is 41.2 Å². The van der Waals surface area contributed by atoms with Gasteiger partial charge in [-0.2, -0.15) is 5.10 Å². The summed E-state index contributed by atoms with van der Waals surface area (Å²) < 4.78 is 18.6. The van der Waals surface area contributed by atoms with Crippen molar-refractivity contribution in [2.24, 2.45) is 7.05 Å². The number of ether oxygens (including phenoxy) is 3. The van der Waals surface area contributed by atoms with Crippen molar-refractivity contribution in [3.8, 4) is 11.5 Å². The van der Waals surface area contributed by atoms with Crippen LogP contribution in [0.25, 0.3) is 0 Å². The highest BCUT2D eigenvalue weighted by Gasteiger charge is 2.21. The quantitative estimate of drug-likeness (QED) is 0.725. The molecule has 2 aromatic rings. The van der Waals surface area contributed by atoms with Gasteiger partial charge in [0, 0.05) is 56.7 Å². The zero-order chi connectivity index (χ0) is 18.5. The van der Waals surface area contributed by atoms with E-state index >= 15 is 0 Å². The van der Waals surface area contributed by atoms with Crippen molar-refractivity contribution in [1.29, 1.82) is 0 Å². The maximum atomic E-state index is 5.87. The second-order valence-electron chi connectivity index (χ2n) is 6.90. The standard InChI is InChI=1S/C20H29N3O3/c1-15-17(11-22(2)21-15)13-23(14-19-6-5-9-26-19)12-16-7-8-18(24-3)10-20(16)25-4/h7-8,10-11,19H,5-6,9,12-14H2,1-4H3. The lowest BCUT2D eigenvalue weighted by atomic mass is 10.1. The van der Waals surface area contributed by atoms with E-state index in [1.54, 1.807) is 14.2 Å². The fourth-order valence-corrected chi connectivity index (χ4v) is 3.53. The first kappa shape index (κ1) is 18.7. The molecule has 0 N–H and O–H groups in total. The molecule has 0 radical (unpaired) electrons. The number of methoxy groups -OCH3 is 2. The van der Waals surface area contributed by atoms with Gasteiger partial charge in [0.2, 0.25) is 0 Å². The number of benzene rings is 1. The van der Waals surface area contributed by atoms with E-state index in [1.165, 1.54) is 5.56 Å². The summed E-state index contributed by atoms with van der Waals surface area (Å²) in [6.45, 7) is 5.48. The van der Waals surface area contributed by atoms with Gasteiger partial charge in [-0.1, -0.05) is 6.07 Å². The number of nitrogens with zero attached hydrogens (tertiary/aromatic N) is 3. The molecule has 1 aliphatic heterocycles. The van der Waals surface area contributed by atoms with Gasteiger partial charge in [0.15, 0.2) is 0 Å². The SMILES string of the molecule is COc1ccc(CN(Cc2cn(C)nc2C)CC2CCCO2)c(OC)c1. The molecule has 1 aromatic carbocycles. The molecule has 1 aliphatic rings. The largest absolute Gasteiger partial charge is 0.497 e. The zero-order valence-corrected chi connectivity index (χ0v) is 16.2. The van der Waals surface area contributed by atoms with Gasteiger partial charge in [-0.25, -0.2) is 0 Å². The van der Waals surface area contributed by atoms with Crippen LogP contribution in [0.5, 0.6) is 11.5 Å². The van der Waals surface area contributed by atoms with Gasteiger partial charge >= 0.3 is 0 Å². The second kappa shape index (κ2) is 8.56. The lowest BCUT2D eigenvalue weighted by molar-refractivity contribution is 0.0675. The minimum absolute atomic E-state index is 0.302. The first-order chi connectivity index (χ1) is 12.6. The predicted octanol–water partition coefficient (Wildman–Crippen LogP) is 2.93. The van der Waals surface area contributed by atoms with Crippen LogP contribution in [-0.4, -0.2) is 48.2 Å². The molecule has 1 fully saturated rings. The van der Waals surface area contributed by atoms with Crippen LogP contribution < -0.4 is 9.47 Å². The van der Waals surface area contributed by atoms with E-state index in [9.17, 15) is 0 Å². The minimum Gasteiger partial charge on any atom is -0.497 e. The molecule has 3 rings (SSSR count). The van der Waals surface area contributed by atoms with Crippen LogP contribution in [0.15, 0.2) is 24.4 Å². The summed E-state index contributed by atoms with van der Waals surface area (Å²) in [5.41, 5.74) is 3.47. The van der Waals surface area contributed by atoms with Crippen molar-refractivity contribution in [2.75, 3.05) is 27.4 Å². The summed E-state index contributed by atoms with van der Waals surface area (Å²) in [7, 11) is 5.34. The highest BCUT2D eigenvalue weighted by molar-refractivity contribution is 5.40. The fraction of sp³-hybridized carbons (Fsp3) is 0.550.